The van der Waals surface area contributed by atoms with Gasteiger partial charge in [0, 0.05) is 5.56 Å². The van der Waals surface area contributed by atoms with Crippen LogP contribution in [0.4, 0.5) is 8.78 Å². The zero-order chi connectivity index (χ0) is 21.1. The monoisotopic (exact) mass is 409 g/mol. The van der Waals surface area contributed by atoms with E-state index in [9.17, 15) is 22.0 Å². The van der Waals surface area contributed by atoms with Crippen molar-refractivity contribution in [1.82, 2.24) is 5.32 Å². The van der Waals surface area contributed by atoms with Crippen LogP contribution in [0, 0.1) is 5.92 Å². The number of halogens is 2. The fraction of sp³-hybridized carbons (Fsp3) is 0.381. The second-order valence-corrected chi connectivity index (χ2v) is 9.26. The molecule has 0 unspecified atom stereocenters. The molecule has 0 bridgehead atoms. The van der Waals surface area contributed by atoms with Gasteiger partial charge in [-0.1, -0.05) is 52.0 Å². The van der Waals surface area contributed by atoms with Crippen LogP contribution in [0.5, 0.6) is 0 Å². The Labute approximate surface area is 164 Å². The Morgan fingerprint density at radius 3 is 1.79 bits per heavy atom. The smallest absolute Gasteiger partial charge is 0.341 e. The summed E-state index contributed by atoms with van der Waals surface area (Å²) in [6.45, 7) is 8.18. The summed E-state index contributed by atoms with van der Waals surface area (Å²) in [5.74, 6) is -3.37. The molecule has 0 aromatic heterocycles. The predicted octanol–water partition coefficient (Wildman–Crippen LogP) is 4.93. The van der Waals surface area contributed by atoms with E-state index in [0.29, 0.717) is 5.92 Å². The van der Waals surface area contributed by atoms with Crippen LogP contribution in [0.25, 0.3) is 0 Å². The zero-order valence-corrected chi connectivity index (χ0v) is 17.1. The lowest BCUT2D eigenvalue weighted by molar-refractivity contribution is 0.0925. The Hall–Kier alpha value is -2.28. The van der Waals surface area contributed by atoms with Crippen LogP contribution >= 0.6 is 0 Å². The third-order valence-electron chi connectivity index (χ3n) is 4.60. The summed E-state index contributed by atoms with van der Waals surface area (Å²) in [4.78, 5) is 12.1. The molecule has 0 radical (unpaired) electrons. The summed E-state index contributed by atoms with van der Waals surface area (Å²) in [6, 6.07) is 12.3. The molecule has 0 fully saturated rings. The third kappa shape index (κ3) is 4.95. The van der Waals surface area contributed by atoms with Gasteiger partial charge in [0.1, 0.15) is 0 Å². The van der Waals surface area contributed by atoms with Crippen molar-refractivity contribution in [2.75, 3.05) is 0 Å². The van der Waals surface area contributed by atoms with Crippen LogP contribution in [0.3, 0.4) is 0 Å². The number of amides is 1. The minimum Gasteiger partial charge on any atom is -0.345 e. The minimum absolute atomic E-state index is 0.118. The number of alkyl halides is 2. The van der Waals surface area contributed by atoms with Gasteiger partial charge in [-0.25, -0.2) is 8.42 Å². The highest BCUT2D eigenvalue weighted by molar-refractivity contribution is 7.91. The lowest BCUT2D eigenvalue weighted by Crippen LogP contribution is -2.31. The van der Waals surface area contributed by atoms with E-state index < -0.39 is 26.4 Å². The second kappa shape index (κ2) is 8.82. The summed E-state index contributed by atoms with van der Waals surface area (Å²) in [5.41, 5.74) is 2.37. The Bertz CT molecular complexity index is 906. The molecule has 2 aromatic rings. The molecular formula is C21H25F2NO3S. The molecule has 0 aliphatic rings. The Morgan fingerprint density at radius 2 is 1.36 bits per heavy atom. The molecule has 0 heterocycles. The lowest BCUT2D eigenvalue weighted by Gasteiger charge is -2.23. The van der Waals surface area contributed by atoms with Gasteiger partial charge in [-0.3, -0.25) is 4.79 Å². The van der Waals surface area contributed by atoms with Crippen LogP contribution in [-0.2, 0) is 9.84 Å². The number of sulfone groups is 1. The number of hydrogen-bond acceptors (Lipinski definition) is 3. The number of hydrogen-bond donors (Lipinski definition) is 1. The van der Waals surface area contributed by atoms with Crippen molar-refractivity contribution in [3.63, 3.8) is 0 Å². The van der Waals surface area contributed by atoms with Crippen molar-refractivity contribution >= 4 is 15.7 Å². The van der Waals surface area contributed by atoms with Crippen molar-refractivity contribution in [2.24, 2.45) is 5.92 Å². The first-order valence-corrected chi connectivity index (χ1v) is 10.6. The van der Waals surface area contributed by atoms with E-state index in [1.165, 1.54) is 17.7 Å². The van der Waals surface area contributed by atoms with Crippen LogP contribution < -0.4 is 5.32 Å². The molecule has 28 heavy (non-hydrogen) atoms. The van der Waals surface area contributed by atoms with E-state index in [2.05, 4.69) is 19.2 Å². The van der Waals surface area contributed by atoms with Gasteiger partial charge in [-0.15, -0.1) is 0 Å². The molecule has 0 aliphatic heterocycles. The first-order chi connectivity index (χ1) is 13.0. The largest absolute Gasteiger partial charge is 0.345 e. The summed E-state index contributed by atoms with van der Waals surface area (Å²) >= 11 is 0. The molecule has 0 saturated carbocycles. The van der Waals surface area contributed by atoms with Crippen molar-refractivity contribution in [1.29, 1.82) is 0 Å². The molecule has 1 atom stereocenters. The SMILES string of the molecule is CC(C)c1ccc([C@H](NC(=O)c2ccc(S(=O)(=O)C(F)F)cc2)C(C)C)cc1. The van der Waals surface area contributed by atoms with Crippen LogP contribution in [0.2, 0.25) is 0 Å². The van der Waals surface area contributed by atoms with Crippen molar-refractivity contribution < 1.29 is 22.0 Å². The lowest BCUT2D eigenvalue weighted by atomic mass is 9.93. The summed E-state index contributed by atoms with van der Waals surface area (Å²) in [6.07, 6.45) is 0. The van der Waals surface area contributed by atoms with E-state index in [0.717, 1.165) is 17.7 Å². The van der Waals surface area contributed by atoms with Crippen LogP contribution in [0.15, 0.2) is 53.4 Å². The number of benzene rings is 2. The molecule has 2 aromatic carbocycles. The van der Waals surface area contributed by atoms with Gasteiger partial charge in [0.05, 0.1) is 10.9 Å². The number of carbonyl (C=O) groups excluding carboxylic acids is 1. The molecule has 2 rings (SSSR count). The summed E-state index contributed by atoms with van der Waals surface area (Å²) in [5, 5.41) is 2.94. The number of carbonyl (C=O) groups is 1. The molecule has 4 nitrogen and oxygen atoms in total. The Balaban J connectivity index is 2.20. The fourth-order valence-electron chi connectivity index (χ4n) is 2.85. The maximum atomic E-state index is 12.6. The molecule has 0 aliphatic carbocycles. The number of nitrogens with one attached hydrogen (secondary N) is 1. The van der Waals surface area contributed by atoms with E-state index in [1.807, 2.05) is 38.1 Å². The van der Waals surface area contributed by atoms with Crippen LogP contribution in [-0.4, -0.2) is 20.1 Å². The van der Waals surface area contributed by atoms with Gasteiger partial charge in [0.15, 0.2) is 0 Å². The standard InChI is InChI=1S/C21H25F2NO3S/c1-13(2)15-5-7-16(8-6-15)19(14(3)4)24-20(25)17-9-11-18(12-10-17)28(26,27)21(22)23/h5-14,19,21H,1-4H3,(H,24,25)/t19-/m1/s1. The highest BCUT2D eigenvalue weighted by Gasteiger charge is 2.27. The van der Waals surface area contributed by atoms with Crippen LogP contribution in [0.1, 0.15) is 61.1 Å². The third-order valence-corrected chi connectivity index (χ3v) is 5.99. The van der Waals surface area contributed by atoms with E-state index in [1.54, 1.807) is 0 Å². The van der Waals surface area contributed by atoms with Crippen molar-refractivity contribution in [3.8, 4) is 0 Å². The maximum Gasteiger partial charge on any atom is 0.341 e. The summed E-state index contributed by atoms with van der Waals surface area (Å²) in [7, 11) is -4.68. The van der Waals surface area contributed by atoms with E-state index in [-0.39, 0.29) is 17.5 Å². The summed E-state index contributed by atoms with van der Waals surface area (Å²) < 4.78 is 48.2. The molecule has 7 heteroatoms. The molecule has 152 valence electrons. The van der Waals surface area contributed by atoms with Crippen molar-refractivity contribution in [2.45, 2.75) is 50.3 Å². The first kappa shape index (κ1) is 22.0. The average molecular weight is 409 g/mol. The fourth-order valence-corrected chi connectivity index (χ4v) is 3.57. The Kier molecular flexibility index (Phi) is 6.93. The van der Waals surface area contributed by atoms with Gasteiger partial charge in [-0.05, 0) is 47.2 Å². The van der Waals surface area contributed by atoms with Gasteiger partial charge >= 0.3 is 5.76 Å². The van der Waals surface area contributed by atoms with E-state index >= 15 is 0 Å². The van der Waals surface area contributed by atoms with Gasteiger partial charge in [0.2, 0.25) is 9.84 Å². The topological polar surface area (TPSA) is 63.2 Å². The highest BCUT2D eigenvalue weighted by Crippen LogP contribution is 2.25. The molecule has 1 amide bonds. The second-order valence-electron chi connectivity index (χ2n) is 7.35. The zero-order valence-electron chi connectivity index (χ0n) is 16.3. The molecule has 1 N–H and O–H groups in total. The molecule has 0 spiro atoms. The normalized spacial score (nSPS) is 13.2. The van der Waals surface area contributed by atoms with Gasteiger partial charge < -0.3 is 5.32 Å². The Morgan fingerprint density at radius 1 is 0.857 bits per heavy atom. The average Bonchev–Trinajstić information content (AvgIpc) is 2.65. The predicted molar refractivity (Wildman–Crippen MR) is 105 cm³/mol. The highest BCUT2D eigenvalue weighted by atomic mass is 32.2. The van der Waals surface area contributed by atoms with E-state index in [4.69, 9.17) is 0 Å². The van der Waals surface area contributed by atoms with Gasteiger partial charge in [0.25, 0.3) is 5.91 Å². The number of rotatable bonds is 7. The minimum atomic E-state index is -4.68. The van der Waals surface area contributed by atoms with Crippen molar-refractivity contribution in [3.05, 3.63) is 65.2 Å². The molecule has 0 saturated heterocycles. The maximum absolute atomic E-state index is 12.6. The van der Waals surface area contributed by atoms with Gasteiger partial charge in [-0.2, -0.15) is 8.78 Å². The quantitative estimate of drug-likeness (QED) is 0.705. The molecular weight excluding hydrogens is 384 g/mol. The first-order valence-electron chi connectivity index (χ1n) is 9.07.